The molecule has 2 rings (SSSR count). The molecule has 5 nitrogen and oxygen atoms in total. The van der Waals surface area contributed by atoms with Gasteiger partial charge in [0.15, 0.2) is 0 Å². The van der Waals surface area contributed by atoms with Crippen molar-refractivity contribution in [2.75, 3.05) is 5.75 Å². The maximum Gasteiger partial charge on any atom is 0.209 e. The summed E-state index contributed by atoms with van der Waals surface area (Å²) in [6.07, 6.45) is 5.72. The van der Waals surface area contributed by atoms with Crippen molar-refractivity contribution in [2.24, 2.45) is 10.9 Å². The second-order valence-electron chi connectivity index (χ2n) is 4.63. The van der Waals surface area contributed by atoms with Crippen LogP contribution in [-0.2, 0) is 23.0 Å². The summed E-state index contributed by atoms with van der Waals surface area (Å²) >= 11 is 0. The van der Waals surface area contributed by atoms with Crippen molar-refractivity contribution in [2.45, 2.75) is 38.3 Å². The number of sulfonamides is 1. The fourth-order valence-corrected chi connectivity index (χ4v) is 2.97. The molecule has 0 radical (unpaired) electrons. The highest BCUT2D eigenvalue weighted by Crippen LogP contribution is 2.28. The van der Waals surface area contributed by atoms with Crippen LogP contribution in [-0.4, -0.2) is 18.7 Å². The Morgan fingerprint density at radius 3 is 2.94 bits per heavy atom. The molecule has 0 fully saturated rings. The topological polar surface area (TPSA) is 91.1 Å². The molecule has 0 bridgehead atoms. The number of aromatic nitrogens is 1. The SMILES string of the molecule is NC1CCCc2c1ccn2CCCS(N)(=O)=O. The summed E-state index contributed by atoms with van der Waals surface area (Å²) in [4.78, 5) is 0. The first-order chi connectivity index (χ1) is 7.97. The van der Waals surface area contributed by atoms with E-state index in [1.54, 1.807) is 0 Å². The molecule has 1 atom stereocenters. The van der Waals surface area contributed by atoms with Gasteiger partial charge in [0.1, 0.15) is 0 Å². The van der Waals surface area contributed by atoms with Gasteiger partial charge in [-0.1, -0.05) is 0 Å². The van der Waals surface area contributed by atoms with Crippen LogP contribution in [0.1, 0.15) is 36.6 Å². The summed E-state index contributed by atoms with van der Waals surface area (Å²) in [6, 6.07) is 2.19. The third-order valence-electron chi connectivity index (χ3n) is 3.27. The largest absolute Gasteiger partial charge is 0.351 e. The Morgan fingerprint density at radius 1 is 1.47 bits per heavy atom. The molecule has 4 N–H and O–H groups in total. The number of fused-ring (bicyclic) bond motifs is 1. The fraction of sp³-hybridized carbons (Fsp3) is 0.636. The Morgan fingerprint density at radius 2 is 2.24 bits per heavy atom. The zero-order valence-corrected chi connectivity index (χ0v) is 10.6. The van der Waals surface area contributed by atoms with Crippen LogP contribution in [0.5, 0.6) is 0 Å². The Hall–Kier alpha value is -0.850. The van der Waals surface area contributed by atoms with Crippen molar-refractivity contribution < 1.29 is 8.42 Å². The van der Waals surface area contributed by atoms with E-state index in [0.29, 0.717) is 13.0 Å². The molecule has 1 heterocycles. The molecule has 1 aliphatic carbocycles. The quantitative estimate of drug-likeness (QED) is 0.823. The molecule has 17 heavy (non-hydrogen) atoms. The first-order valence-electron chi connectivity index (χ1n) is 5.91. The molecule has 0 amide bonds. The van der Waals surface area contributed by atoms with Crippen LogP contribution in [0.15, 0.2) is 12.3 Å². The van der Waals surface area contributed by atoms with E-state index < -0.39 is 10.0 Å². The average molecular weight is 257 g/mol. The molecule has 0 aliphatic heterocycles. The lowest BCUT2D eigenvalue weighted by molar-refractivity contribution is 0.534. The van der Waals surface area contributed by atoms with Gasteiger partial charge in [-0.2, -0.15) is 0 Å². The molecule has 6 heteroatoms. The monoisotopic (exact) mass is 257 g/mol. The zero-order chi connectivity index (χ0) is 12.5. The minimum atomic E-state index is -3.35. The Kier molecular flexibility index (Phi) is 3.56. The van der Waals surface area contributed by atoms with E-state index in [2.05, 4.69) is 10.6 Å². The molecule has 1 aromatic heterocycles. The molecule has 0 aromatic carbocycles. The maximum absolute atomic E-state index is 10.8. The van der Waals surface area contributed by atoms with E-state index in [4.69, 9.17) is 10.9 Å². The van der Waals surface area contributed by atoms with Gasteiger partial charge in [0, 0.05) is 24.5 Å². The predicted molar refractivity (Wildman–Crippen MR) is 66.9 cm³/mol. The summed E-state index contributed by atoms with van der Waals surface area (Å²) in [5.74, 6) is 0.0337. The average Bonchev–Trinajstić information content (AvgIpc) is 2.61. The van der Waals surface area contributed by atoms with Crippen molar-refractivity contribution in [3.8, 4) is 0 Å². The number of hydrogen-bond donors (Lipinski definition) is 2. The van der Waals surface area contributed by atoms with Gasteiger partial charge in [-0.05, 0) is 37.3 Å². The van der Waals surface area contributed by atoms with Crippen LogP contribution in [0.2, 0.25) is 0 Å². The van der Waals surface area contributed by atoms with Crippen LogP contribution in [0.4, 0.5) is 0 Å². The van der Waals surface area contributed by atoms with Gasteiger partial charge >= 0.3 is 0 Å². The van der Waals surface area contributed by atoms with Crippen LogP contribution in [0.3, 0.4) is 0 Å². The van der Waals surface area contributed by atoms with E-state index >= 15 is 0 Å². The molecule has 0 spiro atoms. The maximum atomic E-state index is 10.8. The summed E-state index contributed by atoms with van der Waals surface area (Å²) in [5, 5.41) is 4.98. The predicted octanol–water partition coefficient (Wildman–Crippen LogP) is 0.503. The first kappa shape index (κ1) is 12.6. The Balaban J connectivity index is 2.03. The van der Waals surface area contributed by atoms with Crippen molar-refractivity contribution in [1.29, 1.82) is 0 Å². The molecule has 1 aliphatic rings. The van der Waals surface area contributed by atoms with Crippen molar-refractivity contribution >= 4 is 10.0 Å². The fourth-order valence-electron chi connectivity index (χ4n) is 2.44. The van der Waals surface area contributed by atoms with Gasteiger partial charge in [-0.15, -0.1) is 0 Å². The van der Waals surface area contributed by atoms with E-state index in [1.165, 1.54) is 11.3 Å². The lowest BCUT2D eigenvalue weighted by atomic mass is 9.94. The number of nitrogens with zero attached hydrogens (tertiary/aromatic N) is 1. The van der Waals surface area contributed by atoms with Crippen LogP contribution in [0.25, 0.3) is 0 Å². The zero-order valence-electron chi connectivity index (χ0n) is 9.80. The normalized spacial score (nSPS) is 20.2. The third kappa shape index (κ3) is 3.08. The molecular weight excluding hydrogens is 238 g/mol. The lowest BCUT2D eigenvalue weighted by Crippen LogP contribution is -2.20. The number of aryl methyl sites for hydroxylation is 1. The van der Waals surface area contributed by atoms with Gasteiger partial charge in [0.25, 0.3) is 0 Å². The summed E-state index contributed by atoms with van der Waals surface area (Å²) in [5.41, 5.74) is 8.51. The van der Waals surface area contributed by atoms with Crippen LogP contribution in [0, 0.1) is 0 Å². The van der Waals surface area contributed by atoms with Gasteiger partial charge in [0.2, 0.25) is 10.0 Å². The van der Waals surface area contributed by atoms with E-state index in [9.17, 15) is 8.42 Å². The Bertz CT molecular complexity index is 493. The second-order valence-corrected chi connectivity index (χ2v) is 6.36. The molecule has 0 saturated heterocycles. The minimum absolute atomic E-state index is 0.0337. The highest BCUT2D eigenvalue weighted by molar-refractivity contribution is 7.89. The summed E-state index contributed by atoms with van der Waals surface area (Å²) < 4.78 is 23.8. The number of nitrogens with two attached hydrogens (primary N) is 2. The van der Waals surface area contributed by atoms with E-state index in [-0.39, 0.29) is 11.8 Å². The standard InChI is InChI=1S/C11H19N3O2S/c12-10-3-1-4-11-9(10)5-7-14(11)6-2-8-17(13,15)16/h5,7,10H,1-4,6,8,12H2,(H2,13,15,16). The summed E-state index contributed by atoms with van der Waals surface area (Å²) in [7, 11) is -3.35. The lowest BCUT2D eigenvalue weighted by Gasteiger charge is -2.20. The van der Waals surface area contributed by atoms with Gasteiger partial charge in [-0.25, -0.2) is 13.6 Å². The molecular formula is C11H19N3O2S. The Labute approximate surface area is 102 Å². The van der Waals surface area contributed by atoms with Crippen LogP contribution >= 0.6 is 0 Å². The van der Waals surface area contributed by atoms with Crippen molar-refractivity contribution in [3.05, 3.63) is 23.5 Å². The van der Waals surface area contributed by atoms with Crippen LogP contribution < -0.4 is 10.9 Å². The van der Waals surface area contributed by atoms with Crippen molar-refractivity contribution in [3.63, 3.8) is 0 Å². The molecule has 0 saturated carbocycles. The number of primary sulfonamides is 1. The minimum Gasteiger partial charge on any atom is -0.351 e. The van der Waals surface area contributed by atoms with Gasteiger partial charge in [-0.3, -0.25) is 0 Å². The third-order valence-corrected chi connectivity index (χ3v) is 4.13. The number of hydrogen-bond acceptors (Lipinski definition) is 3. The number of rotatable bonds is 4. The van der Waals surface area contributed by atoms with E-state index in [0.717, 1.165) is 19.3 Å². The first-order valence-corrected chi connectivity index (χ1v) is 7.63. The molecule has 1 aromatic rings. The summed E-state index contributed by atoms with van der Waals surface area (Å²) in [6.45, 7) is 0.693. The van der Waals surface area contributed by atoms with E-state index in [1.807, 2.05) is 6.20 Å². The molecule has 96 valence electrons. The molecule has 1 unspecified atom stereocenters. The smallest absolute Gasteiger partial charge is 0.209 e. The highest BCUT2D eigenvalue weighted by atomic mass is 32.2. The second kappa shape index (κ2) is 4.80. The highest BCUT2D eigenvalue weighted by Gasteiger charge is 2.19. The van der Waals surface area contributed by atoms with Gasteiger partial charge < -0.3 is 10.3 Å². The van der Waals surface area contributed by atoms with Crippen molar-refractivity contribution in [1.82, 2.24) is 4.57 Å². The van der Waals surface area contributed by atoms with Gasteiger partial charge in [0.05, 0.1) is 5.75 Å².